The molecule has 0 atom stereocenters. The van der Waals surface area contributed by atoms with E-state index in [1.165, 1.54) is 7.11 Å². The second-order valence-corrected chi connectivity index (χ2v) is 6.80. The highest BCUT2D eigenvalue weighted by Gasteiger charge is 2.16. The van der Waals surface area contributed by atoms with E-state index >= 15 is 0 Å². The first-order valence-electron chi connectivity index (χ1n) is 9.03. The number of rotatable bonds is 8. The van der Waals surface area contributed by atoms with Gasteiger partial charge >= 0.3 is 17.9 Å². The molecule has 0 amide bonds. The van der Waals surface area contributed by atoms with Crippen molar-refractivity contribution in [1.29, 1.82) is 0 Å². The van der Waals surface area contributed by atoms with Crippen molar-refractivity contribution in [3.63, 3.8) is 0 Å². The lowest BCUT2D eigenvalue weighted by Gasteiger charge is -2.05. The maximum absolute atomic E-state index is 10.8. The predicted octanol–water partition coefficient (Wildman–Crippen LogP) is 2.92. The number of carbonyl (C=O) groups is 3. The van der Waals surface area contributed by atoms with Gasteiger partial charge in [0.25, 0.3) is 0 Å². The minimum absolute atomic E-state index is 0.285. The van der Waals surface area contributed by atoms with Crippen LogP contribution in [-0.2, 0) is 28.6 Å². The number of nitrogens with zero attached hydrogens (tertiary/aromatic N) is 1. The number of ether oxygens (including phenoxy) is 3. The van der Waals surface area contributed by atoms with Gasteiger partial charge in [-0.15, -0.1) is 0 Å². The van der Waals surface area contributed by atoms with E-state index in [-0.39, 0.29) is 17.9 Å². The molecule has 7 nitrogen and oxygen atoms in total. The lowest BCUT2D eigenvalue weighted by atomic mass is 10.2. The van der Waals surface area contributed by atoms with Crippen LogP contribution < -0.4 is 0 Å². The maximum atomic E-state index is 10.8. The SMILES string of the molecule is C=C(C)C(=O)OC.C=C(C)C(=O)OCC(C)C.C=C(C)C(=O)OCCN1CC1. The topological polar surface area (TPSA) is 81.9 Å². The van der Waals surface area contributed by atoms with Crippen molar-refractivity contribution < 1.29 is 28.6 Å². The number of hydrogen-bond acceptors (Lipinski definition) is 7. The van der Waals surface area contributed by atoms with E-state index in [9.17, 15) is 14.4 Å². The monoisotopic (exact) mass is 397 g/mol. The summed E-state index contributed by atoms with van der Waals surface area (Å²) in [4.78, 5) is 33.9. The highest BCUT2D eigenvalue weighted by atomic mass is 16.5. The molecular formula is C21H35NO6. The molecule has 160 valence electrons. The zero-order valence-electron chi connectivity index (χ0n) is 18.1. The van der Waals surface area contributed by atoms with E-state index in [2.05, 4.69) is 29.4 Å². The highest BCUT2D eigenvalue weighted by Crippen LogP contribution is 2.02. The third-order valence-corrected chi connectivity index (χ3v) is 2.96. The fourth-order valence-electron chi connectivity index (χ4n) is 1.22. The molecule has 0 aromatic rings. The third kappa shape index (κ3) is 18.4. The Hall–Kier alpha value is -2.41. The van der Waals surface area contributed by atoms with Gasteiger partial charge in [-0.1, -0.05) is 33.6 Å². The average Bonchev–Trinajstić information content (AvgIpc) is 3.43. The lowest BCUT2D eigenvalue weighted by molar-refractivity contribution is -0.140. The molecule has 0 spiro atoms. The molecule has 1 heterocycles. The van der Waals surface area contributed by atoms with E-state index in [1.54, 1.807) is 20.8 Å². The highest BCUT2D eigenvalue weighted by molar-refractivity contribution is 5.87. The van der Waals surface area contributed by atoms with Crippen LogP contribution in [0.2, 0.25) is 0 Å². The molecule has 1 saturated heterocycles. The molecule has 0 aromatic carbocycles. The molecule has 0 N–H and O–H groups in total. The van der Waals surface area contributed by atoms with Crippen molar-refractivity contribution in [2.24, 2.45) is 5.92 Å². The second-order valence-electron chi connectivity index (χ2n) is 6.80. The zero-order valence-corrected chi connectivity index (χ0v) is 18.1. The predicted molar refractivity (Wildman–Crippen MR) is 110 cm³/mol. The molecule has 1 fully saturated rings. The molecular weight excluding hydrogens is 362 g/mol. The summed E-state index contributed by atoms with van der Waals surface area (Å²) in [5, 5.41) is 0. The number of hydrogen-bond donors (Lipinski definition) is 0. The summed E-state index contributed by atoms with van der Waals surface area (Å²) in [5.74, 6) is -0.538. The molecule has 0 bridgehead atoms. The fourth-order valence-corrected chi connectivity index (χ4v) is 1.22. The Morgan fingerprint density at radius 2 is 1.29 bits per heavy atom. The summed E-state index contributed by atoms with van der Waals surface area (Å²) in [6.07, 6.45) is 0. The molecule has 1 aliphatic rings. The summed E-state index contributed by atoms with van der Waals surface area (Å²) in [6.45, 7) is 23.3. The van der Waals surface area contributed by atoms with Crippen molar-refractivity contribution in [1.82, 2.24) is 4.90 Å². The molecule has 28 heavy (non-hydrogen) atoms. The Morgan fingerprint density at radius 3 is 1.57 bits per heavy atom. The third-order valence-electron chi connectivity index (χ3n) is 2.96. The van der Waals surface area contributed by atoms with Gasteiger partial charge in [0.2, 0.25) is 0 Å². The van der Waals surface area contributed by atoms with Gasteiger partial charge in [0.1, 0.15) is 6.61 Å². The zero-order chi connectivity index (χ0) is 22.3. The first-order valence-corrected chi connectivity index (χ1v) is 9.03. The van der Waals surface area contributed by atoms with Crippen molar-refractivity contribution in [2.45, 2.75) is 34.6 Å². The van der Waals surface area contributed by atoms with Gasteiger partial charge in [-0.2, -0.15) is 0 Å². The van der Waals surface area contributed by atoms with Gasteiger partial charge in [0.05, 0.1) is 13.7 Å². The van der Waals surface area contributed by atoms with Crippen LogP contribution in [0.15, 0.2) is 36.5 Å². The largest absolute Gasteiger partial charge is 0.466 e. The first kappa shape index (κ1) is 27.8. The van der Waals surface area contributed by atoms with Crippen LogP contribution in [0, 0.1) is 5.92 Å². The Balaban J connectivity index is 0. The van der Waals surface area contributed by atoms with Crippen molar-refractivity contribution >= 4 is 17.9 Å². The summed E-state index contributed by atoms with van der Waals surface area (Å²) < 4.78 is 14.0. The summed E-state index contributed by atoms with van der Waals surface area (Å²) in [7, 11) is 1.33. The Bertz CT molecular complexity index is 561. The van der Waals surface area contributed by atoms with Crippen molar-refractivity contribution in [2.75, 3.05) is 40.0 Å². The van der Waals surface area contributed by atoms with Crippen LogP contribution >= 0.6 is 0 Å². The van der Waals surface area contributed by atoms with E-state index in [0.29, 0.717) is 35.9 Å². The van der Waals surface area contributed by atoms with Gasteiger partial charge in [-0.05, 0) is 26.7 Å². The maximum Gasteiger partial charge on any atom is 0.333 e. The van der Waals surface area contributed by atoms with E-state index in [0.717, 1.165) is 19.6 Å². The van der Waals surface area contributed by atoms with Crippen LogP contribution in [0.5, 0.6) is 0 Å². The van der Waals surface area contributed by atoms with E-state index in [1.807, 2.05) is 13.8 Å². The van der Waals surface area contributed by atoms with Gasteiger partial charge in [-0.3, -0.25) is 4.90 Å². The quantitative estimate of drug-likeness (QED) is 0.269. The first-order chi connectivity index (χ1) is 12.9. The van der Waals surface area contributed by atoms with E-state index in [4.69, 9.17) is 9.47 Å². The Kier molecular flexibility index (Phi) is 15.5. The van der Waals surface area contributed by atoms with Crippen LogP contribution in [-0.4, -0.2) is 62.8 Å². The number of esters is 3. The smallest absolute Gasteiger partial charge is 0.333 e. The molecule has 0 aliphatic carbocycles. The van der Waals surface area contributed by atoms with Gasteiger partial charge in [0, 0.05) is 36.4 Å². The molecule has 1 rings (SSSR count). The van der Waals surface area contributed by atoms with Gasteiger partial charge in [0.15, 0.2) is 0 Å². The van der Waals surface area contributed by atoms with Crippen LogP contribution in [0.25, 0.3) is 0 Å². The standard InChI is InChI=1S/C8H13NO2.C8H14O2.C5H8O2/c1-7(2)8(10)11-6-5-9-3-4-9;1-6(2)5-10-8(9)7(3)4;1-4(2)5(6)7-3/h1,3-6H2,2H3;6H,3,5H2,1-2,4H3;1H2,2-3H3. The van der Waals surface area contributed by atoms with Gasteiger partial charge < -0.3 is 14.2 Å². The van der Waals surface area contributed by atoms with Crippen molar-refractivity contribution in [3.8, 4) is 0 Å². The second kappa shape index (κ2) is 15.6. The van der Waals surface area contributed by atoms with Crippen LogP contribution in [0.3, 0.4) is 0 Å². The summed E-state index contributed by atoms with van der Waals surface area (Å²) in [6, 6.07) is 0. The number of carbonyl (C=O) groups excluding carboxylic acids is 3. The minimum Gasteiger partial charge on any atom is -0.466 e. The molecule has 1 aliphatic heterocycles. The minimum atomic E-state index is -0.347. The molecule has 0 radical (unpaired) electrons. The van der Waals surface area contributed by atoms with E-state index < -0.39 is 0 Å². The lowest BCUT2D eigenvalue weighted by Crippen LogP contribution is -2.13. The van der Waals surface area contributed by atoms with Crippen LogP contribution in [0.1, 0.15) is 34.6 Å². The fraction of sp³-hybridized carbons (Fsp3) is 0.571. The summed E-state index contributed by atoms with van der Waals surface area (Å²) in [5.41, 5.74) is 1.36. The summed E-state index contributed by atoms with van der Waals surface area (Å²) >= 11 is 0. The average molecular weight is 398 g/mol. The Labute approximate surface area is 169 Å². The van der Waals surface area contributed by atoms with Crippen LogP contribution in [0.4, 0.5) is 0 Å². The molecule has 0 unspecified atom stereocenters. The van der Waals surface area contributed by atoms with Crippen molar-refractivity contribution in [3.05, 3.63) is 36.5 Å². The Morgan fingerprint density at radius 1 is 0.857 bits per heavy atom. The van der Waals surface area contributed by atoms with Gasteiger partial charge in [-0.25, -0.2) is 14.4 Å². The number of methoxy groups -OCH3 is 1. The molecule has 0 aromatic heterocycles. The normalized spacial score (nSPS) is 11.7. The molecule has 0 saturated carbocycles. The molecule has 7 heteroatoms.